The van der Waals surface area contributed by atoms with Gasteiger partial charge in [0.1, 0.15) is 6.54 Å². The molecule has 3 fully saturated rings. The number of esters is 1. The van der Waals surface area contributed by atoms with Crippen molar-refractivity contribution in [1.29, 1.82) is 0 Å². The van der Waals surface area contributed by atoms with E-state index in [1.807, 2.05) is 19.1 Å². The Kier molecular flexibility index (Phi) is 5.54. The van der Waals surface area contributed by atoms with Crippen LogP contribution in [0.3, 0.4) is 0 Å². The number of carbonyl (C=O) groups is 4. The summed E-state index contributed by atoms with van der Waals surface area (Å²) in [4.78, 5) is 51.0. The van der Waals surface area contributed by atoms with Crippen LogP contribution in [0.5, 0.6) is 0 Å². The first-order valence-corrected chi connectivity index (χ1v) is 11.3. The summed E-state index contributed by atoms with van der Waals surface area (Å²) in [5.74, 6) is -2.44. The second kappa shape index (κ2) is 7.83. The molecule has 0 unspecified atom stereocenters. The Bertz CT molecular complexity index is 859. The Morgan fingerprint density at radius 1 is 1.10 bits per heavy atom. The Labute approximate surface area is 184 Å². The van der Waals surface area contributed by atoms with E-state index in [0.29, 0.717) is 5.69 Å². The van der Waals surface area contributed by atoms with Gasteiger partial charge in [-0.15, -0.1) is 0 Å². The van der Waals surface area contributed by atoms with Gasteiger partial charge in [-0.25, -0.2) is 0 Å². The Hall–Kier alpha value is -1.74. The fourth-order valence-electron chi connectivity index (χ4n) is 4.79. The zero-order valence-electron chi connectivity index (χ0n) is 15.6. The molecule has 2 saturated carbocycles. The molecule has 1 aromatic carbocycles. The summed E-state index contributed by atoms with van der Waals surface area (Å²) in [5.41, 5.74) is 1.52. The smallest absolute Gasteiger partial charge is 0.326 e. The van der Waals surface area contributed by atoms with Gasteiger partial charge in [-0.2, -0.15) is 0 Å². The minimum absolute atomic E-state index is 0.0896. The zero-order chi connectivity index (χ0) is 20.9. The molecule has 9 heteroatoms. The van der Waals surface area contributed by atoms with E-state index >= 15 is 0 Å². The summed E-state index contributed by atoms with van der Waals surface area (Å²) in [6, 6.07) is 7.24. The van der Waals surface area contributed by atoms with E-state index in [1.54, 1.807) is 12.1 Å². The van der Waals surface area contributed by atoms with Crippen molar-refractivity contribution in [3.05, 3.63) is 29.8 Å². The van der Waals surface area contributed by atoms with E-state index in [2.05, 4.69) is 37.2 Å². The zero-order valence-corrected chi connectivity index (χ0v) is 18.8. The predicted octanol–water partition coefficient (Wildman–Crippen LogP) is 2.25. The van der Waals surface area contributed by atoms with Crippen molar-refractivity contribution >= 4 is 61.2 Å². The first kappa shape index (κ1) is 20.5. The number of hydrogen-bond acceptors (Lipinski definition) is 5. The first-order valence-electron chi connectivity index (χ1n) is 9.44. The standard InChI is InChI=1S/C20H20Br2N2O5/c1-9-4-2-3-5-12(9)23-13(25)8-29-14(26)7-24-19(27)15-10-6-11(16(15)20(24)28)18(22)17(10)21/h2-5,10-11,15-18H,6-8H2,1H3,(H,23,25)/t10-,11-,15-,16+,17-,18+/m1/s1. The molecular weight excluding hydrogens is 508 g/mol. The predicted molar refractivity (Wildman–Crippen MR) is 111 cm³/mol. The third-order valence-corrected chi connectivity index (χ3v) is 9.36. The highest BCUT2D eigenvalue weighted by Gasteiger charge is 2.66. The number of amides is 3. The number of halogens is 2. The molecule has 0 spiro atoms. The molecular formula is C20H20Br2N2O5. The van der Waals surface area contributed by atoms with Crippen molar-refractivity contribution in [1.82, 2.24) is 4.90 Å². The van der Waals surface area contributed by atoms with E-state index in [9.17, 15) is 19.2 Å². The maximum Gasteiger partial charge on any atom is 0.326 e. The highest BCUT2D eigenvalue weighted by Crippen LogP contribution is 2.60. The van der Waals surface area contributed by atoms with Crippen LogP contribution >= 0.6 is 31.9 Å². The molecule has 3 aliphatic rings. The van der Waals surface area contributed by atoms with E-state index < -0.39 is 25.0 Å². The van der Waals surface area contributed by atoms with Gasteiger partial charge < -0.3 is 10.1 Å². The molecule has 29 heavy (non-hydrogen) atoms. The first-order chi connectivity index (χ1) is 13.8. The molecule has 4 rings (SSSR count). The van der Waals surface area contributed by atoms with Crippen LogP contribution in [0.15, 0.2) is 24.3 Å². The summed E-state index contributed by atoms with van der Waals surface area (Å²) in [6.07, 6.45) is 0.829. The number of ether oxygens (including phenoxy) is 1. The van der Waals surface area contributed by atoms with Crippen molar-refractivity contribution in [2.24, 2.45) is 23.7 Å². The van der Waals surface area contributed by atoms with E-state index in [-0.39, 0.29) is 45.1 Å². The van der Waals surface area contributed by atoms with Crippen molar-refractivity contribution in [3.8, 4) is 0 Å². The van der Waals surface area contributed by atoms with Crippen LogP contribution in [-0.2, 0) is 23.9 Å². The third kappa shape index (κ3) is 3.52. The number of benzene rings is 1. The van der Waals surface area contributed by atoms with Gasteiger partial charge in [0.05, 0.1) is 11.8 Å². The molecule has 3 amide bonds. The molecule has 6 atom stereocenters. The maximum atomic E-state index is 12.8. The molecule has 1 saturated heterocycles. The van der Waals surface area contributed by atoms with Gasteiger partial charge in [-0.05, 0) is 36.8 Å². The molecule has 2 aliphatic carbocycles. The van der Waals surface area contributed by atoms with Gasteiger partial charge >= 0.3 is 5.97 Å². The van der Waals surface area contributed by atoms with Crippen molar-refractivity contribution in [2.45, 2.75) is 23.0 Å². The number of fused-ring (bicyclic) bond motifs is 5. The molecule has 1 aromatic rings. The summed E-state index contributed by atoms with van der Waals surface area (Å²) in [5, 5.41) is 2.66. The van der Waals surface area contributed by atoms with E-state index in [0.717, 1.165) is 16.9 Å². The molecule has 0 radical (unpaired) electrons. The lowest BCUT2D eigenvalue weighted by Gasteiger charge is -2.28. The van der Waals surface area contributed by atoms with Crippen LogP contribution in [-0.4, -0.2) is 51.4 Å². The number of anilines is 1. The van der Waals surface area contributed by atoms with Gasteiger partial charge in [0.2, 0.25) is 11.8 Å². The number of likely N-dealkylation sites (tertiary alicyclic amines) is 1. The number of rotatable bonds is 5. The second-order valence-electron chi connectivity index (χ2n) is 7.79. The SMILES string of the molecule is Cc1ccccc1NC(=O)COC(=O)CN1C(=O)[C@@H]2[C@H]3C[C@@H]([C@H](Br)[C@@H]3Br)[C@@H]2C1=O. The third-order valence-electron chi connectivity index (χ3n) is 6.15. The molecule has 1 heterocycles. The fraction of sp³-hybridized carbons (Fsp3) is 0.500. The molecule has 7 nitrogen and oxygen atoms in total. The quantitative estimate of drug-likeness (QED) is 0.360. The van der Waals surface area contributed by atoms with Crippen LogP contribution in [0, 0.1) is 30.6 Å². The number of nitrogens with zero attached hydrogens (tertiary/aromatic N) is 1. The average Bonchev–Trinajstić information content (AvgIpc) is 3.29. The number of carbonyl (C=O) groups excluding carboxylic acids is 4. The van der Waals surface area contributed by atoms with Gasteiger partial charge in [-0.3, -0.25) is 24.1 Å². The number of imide groups is 1. The number of para-hydroxylation sites is 1. The summed E-state index contributed by atoms with van der Waals surface area (Å²) in [6.45, 7) is 0.918. The summed E-state index contributed by atoms with van der Waals surface area (Å²) < 4.78 is 4.99. The van der Waals surface area contributed by atoms with Crippen molar-refractivity contribution < 1.29 is 23.9 Å². The largest absolute Gasteiger partial charge is 0.454 e. The minimum atomic E-state index is -0.773. The van der Waals surface area contributed by atoms with E-state index in [4.69, 9.17) is 4.74 Å². The van der Waals surface area contributed by atoms with Gasteiger partial charge in [-0.1, -0.05) is 50.1 Å². The second-order valence-corrected chi connectivity index (χ2v) is 9.90. The number of hydrogen-bond donors (Lipinski definition) is 1. The summed E-state index contributed by atoms with van der Waals surface area (Å²) >= 11 is 7.25. The van der Waals surface area contributed by atoms with Crippen LogP contribution in [0.1, 0.15) is 12.0 Å². The Balaban J connectivity index is 1.32. The Morgan fingerprint density at radius 2 is 1.69 bits per heavy atom. The van der Waals surface area contributed by atoms with Gasteiger partial charge in [0.15, 0.2) is 6.61 Å². The lowest BCUT2D eigenvalue weighted by atomic mass is 9.81. The number of nitrogens with one attached hydrogen (secondary N) is 1. The van der Waals surface area contributed by atoms with E-state index in [1.165, 1.54) is 0 Å². The van der Waals surface area contributed by atoms with Gasteiger partial charge in [0.25, 0.3) is 5.91 Å². The number of aryl methyl sites for hydroxylation is 1. The monoisotopic (exact) mass is 526 g/mol. The number of alkyl halides is 2. The fourth-order valence-corrected chi connectivity index (χ4v) is 6.66. The lowest BCUT2D eigenvalue weighted by Crippen LogP contribution is -2.38. The Morgan fingerprint density at radius 3 is 2.28 bits per heavy atom. The van der Waals surface area contributed by atoms with Crippen LogP contribution in [0.2, 0.25) is 0 Å². The molecule has 1 N–H and O–H groups in total. The topological polar surface area (TPSA) is 92.8 Å². The highest BCUT2D eigenvalue weighted by molar-refractivity contribution is 9.12. The minimum Gasteiger partial charge on any atom is -0.454 e. The van der Waals surface area contributed by atoms with Crippen molar-refractivity contribution in [2.75, 3.05) is 18.5 Å². The van der Waals surface area contributed by atoms with Crippen LogP contribution in [0.4, 0.5) is 5.69 Å². The van der Waals surface area contributed by atoms with Crippen molar-refractivity contribution in [3.63, 3.8) is 0 Å². The summed E-state index contributed by atoms with van der Waals surface area (Å²) in [7, 11) is 0. The molecule has 154 valence electrons. The normalized spacial score (nSPS) is 32.4. The average molecular weight is 528 g/mol. The highest BCUT2D eigenvalue weighted by atomic mass is 79.9. The molecule has 2 bridgehead atoms. The maximum absolute atomic E-state index is 12.8. The van der Waals surface area contributed by atoms with Crippen LogP contribution in [0.25, 0.3) is 0 Å². The molecule has 0 aromatic heterocycles. The van der Waals surface area contributed by atoms with Gasteiger partial charge in [0, 0.05) is 15.3 Å². The van der Waals surface area contributed by atoms with Crippen LogP contribution < -0.4 is 5.32 Å². The molecule has 1 aliphatic heterocycles. The lowest BCUT2D eigenvalue weighted by molar-refractivity contribution is -0.154.